The Labute approximate surface area is 214 Å². The van der Waals surface area contributed by atoms with Crippen molar-refractivity contribution < 1.29 is 18.7 Å². The second-order valence-electron chi connectivity index (χ2n) is 9.23. The van der Waals surface area contributed by atoms with Gasteiger partial charge in [0.1, 0.15) is 29.8 Å². The van der Waals surface area contributed by atoms with E-state index >= 15 is 0 Å². The van der Waals surface area contributed by atoms with Gasteiger partial charge in [0.15, 0.2) is 0 Å². The highest BCUT2D eigenvalue weighted by Crippen LogP contribution is 2.34. The lowest BCUT2D eigenvalue weighted by Crippen LogP contribution is -2.37. The number of amides is 1. The van der Waals surface area contributed by atoms with Crippen LogP contribution >= 0.6 is 11.6 Å². The maximum Gasteiger partial charge on any atom is 0.245 e. The molecule has 0 bridgehead atoms. The van der Waals surface area contributed by atoms with Crippen LogP contribution in [0.1, 0.15) is 24.8 Å². The predicted molar refractivity (Wildman–Crippen MR) is 137 cm³/mol. The number of nitrogens with one attached hydrogen (secondary N) is 1. The van der Waals surface area contributed by atoms with Crippen LogP contribution < -0.4 is 10.1 Å². The number of nitrogens with zero attached hydrogens (tertiary/aromatic N) is 3. The Morgan fingerprint density at radius 2 is 2.08 bits per heavy atom. The van der Waals surface area contributed by atoms with Crippen LogP contribution in [-0.4, -0.2) is 53.2 Å². The zero-order valence-corrected chi connectivity index (χ0v) is 20.6. The number of carbonyl (C=O) groups excluding carboxylic acids is 1. The van der Waals surface area contributed by atoms with Crippen molar-refractivity contribution >= 4 is 39.9 Å². The highest BCUT2D eigenvalue weighted by Gasteiger charge is 2.25. The van der Waals surface area contributed by atoms with Crippen LogP contribution in [-0.2, 0) is 16.0 Å². The first-order valence-electron chi connectivity index (χ1n) is 12.2. The molecule has 0 spiro atoms. The monoisotopic (exact) mass is 510 g/mol. The third-order valence-corrected chi connectivity index (χ3v) is 7.08. The van der Waals surface area contributed by atoms with E-state index in [1.54, 1.807) is 6.07 Å². The quantitative estimate of drug-likeness (QED) is 0.435. The number of anilines is 2. The third-order valence-electron chi connectivity index (χ3n) is 6.79. The van der Waals surface area contributed by atoms with Crippen molar-refractivity contribution in [2.24, 2.45) is 5.92 Å². The second-order valence-corrected chi connectivity index (χ2v) is 9.64. The minimum atomic E-state index is -0.476. The van der Waals surface area contributed by atoms with E-state index < -0.39 is 5.82 Å². The van der Waals surface area contributed by atoms with Gasteiger partial charge >= 0.3 is 0 Å². The van der Waals surface area contributed by atoms with Crippen molar-refractivity contribution in [2.45, 2.75) is 31.8 Å². The first kappa shape index (κ1) is 24.5. The minimum Gasteiger partial charge on any atom is -0.488 e. The number of hydrogen-bond donors (Lipinski definition) is 1. The molecule has 0 saturated carbocycles. The molecule has 1 amide bonds. The standard InChI is InChI=1S/C27H28ClFN4O3/c1-2-26(34)33-8-5-17(6-9-33)11-18-12-21-24(14-25(18)36-20-7-10-35-15-20)30-16-31-27(21)32-19-3-4-23(29)22(28)13-19/h2-4,12-14,16-17,20H,1,5-11,15H2,(H,30,31,32). The molecule has 7 nitrogen and oxygen atoms in total. The Balaban J connectivity index is 1.45. The average Bonchev–Trinajstić information content (AvgIpc) is 3.40. The third kappa shape index (κ3) is 5.44. The number of hydrogen-bond acceptors (Lipinski definition) is 6. The second kappa shape index (κ2) is 10.8. The lowest BCUT2D eigenvalue weighted by molar-refractivity contribution is -0.127. The van der Waals surface area contributed by atoms with Gasteiger partial charge < -0.3 is 19.7 Å². The zero-order valence-electron chi connectivity index (χ0n) is 19.9. The molecule has 3 heterocycles. The van der Waals surface area contributed by atoms with Crippen LogP contribution in [0, 0.1) is 11.7 Å². The lowest BCUT2D eigenvalue weighted by Gasteiger charge is -2.31. The molecule has 0 aliphatic carbocycles. The summed E-state index contributed by atoms with van der Waals surface area (Å²) in [5.74, 6) is 1.33. The molecule has 1 atom stereocenters. The summed E-state index contributed by atoms with van der Waals surface area (Å²) in [4.78, 5) is 22.7. The van der Waals surface area contributed by atoms with Crippen molar-refractivity contribution in [2.75, 3.05) is 31.6 Å². The molecule has 2 aromatic carbocycles. The van der Waals surface area contributed by atoms with Crippen molar-refractivity contribution in [3.05, 3.63) is 65.7 Å². The van der Waals surface area contributed by atoms with Gasteiger partial charge in [-0.05, 0) is 61.1 Å². The van der Waals surface area contributed by atoms with E-state index in [9.17, 15) is 9.18 Å². The fraction of sp³-hybridized carbons (Fsp3) is 0.370. The number of benzene rings is 2. The maximum absolute atomic E-state index is 13.6. The van der Waals surface area contributed by atoms with Crippen molar-refractivity contribution in [1.29, 1.82) is 0 Å². The molecule has 36 heavy (non-hydrogen) atoms. The lowest BCUT2D eigenvalue weighted by atomic mass is 9.89. The van der Waals surface area contributed by atoms with Crippen molar-refractivity contribution in [3.8, 4) is 5.75 Å². The molecule has 1 aromatic heterocycles. The van der Waals surface area contributed by atoms with E-state index in [1.807, 2.05) is 11.0 Å². The molecule has 2 fully saturated rings. The fourth-order valence-electron chi connectivity index (χ4n) is 4.79. The van der Waals surface area contributed by atoms with Crippen LogP contribution in [0.25, 0.3) is 10.9 Å². The summed E-state index contributed by atoms with van der Waals surface area (Å²) < 4.78 is 25.5. The molecule has 9 heteroatoms. The molecule has 5 rings (SSSR count). The predicted octanol–water partition coefficient (Wildman–Crippen LogP) is 5.30. The van der Waals surface area contributed by atoms with E-state index in [0.29, 0.717) is 30.6 Å². The molecule has 188 valence electrons. The topological polar surface area (TPSA) is 76.6 Å². The first-order valence-corrected chi connectivity index (χ1v) is 12.5. The summed E-state index contributed by atoms with van der Waals surface area (Å²) >= 11 is 5.97. The smallest absolute Gasteiger partial charge is 0.245 e. The van der Waals surface area contributed by atoms with Crippen LogP contribution in [0.2, 0.25) is 5.02 Å². The van der Waals surface area contributed by atoms with Gasteiger partial charge in [0.2, 0.25) is 5.91 Å². The summed E-state index contributed by atoms with van der Waals surface area (Å²) in [6.45, 7) is 6.30. The normalized spacial score (nSPS) is 18.4. The van der Waals surface area contributed by atoms with Gasteiger partial charge in [-0.2, -0.15) is 0 Å². The summed E-state index contributed by atoms with van der Waals surface area (Å²) in [6, 6.07) is 8.51. The molecule has 2 aliphatic heterocycles. The van der Waals surface area contributed by atoms with Crippen LogP contribution in [0.4, 0.5) is 15.9 Å². The fourth-order valence-corrected chi connectivity index (χ4v) is 4.97. The van der Waals surface area contributed by atoms with Gasteiger partial charge in [-0.15, -0.1) is 0 Å². The summed E-state index contributed by atoms with van der Waals surface area (Å²) in [5, 5.41) is 4.12. The zero-order chi connectivity index (χ0) is 25.1. The van der Waals surface area contributed by atoms with Gasteiger partial charge in [-0.3, -0.25) is 4.79 Å². The van der Waals surface area contributed by atoms with E-state index in [4.69, 9.17) is 21.1 Å². The molecule has 0 radical (unpaired) electrons. The summed E-state index contributed by atoms with van der Waals surface area (Å²) in [6.07, 6.45) is 6.36. The van der Waals surface area contributed by atoms with Gasteiger partial charge in [0, 0.05) is 36.7 Å². The number of aromatic nitrogens is 2. The van der Waals surface area contributed by atoms with E-state index in [2.05, 4.69) is 27.9 Å². The van der Waals surface area contributed by atoms with Crippen LogP contribution in [0.5, 0.6) is 5.75 Å². The van der Waals surface area contributed by atoms with E-state index in [-0.39, 0.29) is 17.0 Å². The Morgan fingerprint density at radius 1 is 1.25 bits per heavy atom. The summed E-state index contributed by atoms with van der Waals surface area (Å²) in [5.41, 5.74) is 2.44. The Bertz CT molecular complexity index is 1270. The Hall–Kier alpha value is -3.23. The average molecular weight is 511 g/mol. The highest BCUT2D eigenvalue weighted by molar-refractivity contribution is 6.31. The number of fused-ring (bicyclic) bond motifs is 1. The SMILES string of the molecule is C=CC(=O)N1CCC(Cc2cc3c(Nc4ccc(F)c(Cl)c4)ncnc3cc2OC2CCOC2)CC1. The number of halogens is 2. The molecular formula is C27H28ClFN4O3. The molecule has 1 N–H and O–H groups in total. The largest absolute Gasteiger partial charge is 0.488 e. The number of piperidine rings is 1. The molecule has 2 saturated heterocycles. The van der Waals surface area contributed by atoms with E-state index in [1.165, 1.54) is 24.5 Å². The number of likely N-dealkylation sites (tertiary alicyclic amines) is 1. The summed E-state index contributed by atoms with van der Waals surface area (Å²) in [7, 11) is 0. The first-order chi connectivity index (χ1) is 17.5. The van der Waals surface area contributed by atoms with Gasteiger partial charge in [-0.1, -0.05) is 18.2 Å². The highest BCUT2D eigenvalue weighted by atomic mass is 35.5. The maximum atomic E-state index is 13.6. The van der Waals surface area contributed by atoms with Gasteiger partial charge in [-0.25, -0.2) is 14.4 Å². The molecule has 2 aliphatic rings. The van der Waals surface area contributed by atoms with Gasteiger partial charge in [0.05, 0.1) is 23.8 Å². The van der Waals surface area contributed by atoms with Crippen molar-refractivity contribution in [3.63, 3.8) is 0 Å². The minimum absolute atomic E-state index is 0.00838. The van der Waals surface area contributed by atoms with Crippen LogP contribution in [0.15, 0.2) is 49.3 Å². The van der Waals surface area contributed by atoms with Crippen molar-refractivity contribution in [1.82, 2.24) is 14.9 Å². The Kier molecular flexibility index (Phi) is 7.34. The molecule has 1 unspecified atom stereocenters. The number of rotatable bonds is 7. The molecule has 3 aromatic rings. The Morgan fingerprint density at radius 3 is 2.81 bits per heavy atom. The van der Waals surface area contributed by atoms with Crippen LogP contribution in [0.3, 0.4) is 0 Å². The molecular weight excluding hydrogens is 483 g/mol. The van der Waals surface area contributed by atoms with Gasteiger partial charge in [0.25, 0.3) is 0 Å². The van der Waals surface area contributed by atoms with E-state index in [0.717, 1.165) is 61.0 Å². The number of ether oxygens (including phenoxy) is 2. The number of carbonyl (C=O) groups is 1.